The van der Waals surface area contributed by atoms with Crippen molar-refractivity contribution in [3.05, 3.63) is 108 Å². The first-order valence-electron chi connectivity index (χ1n) is 10.2. The van der Waals surface area contributed by atoms with Crippen LogP contribution in [0.25, 0.3) is 0 Å². The van der Waals surface area contributed by atoms with E-state index in [0.29, 0.717) is 22.9 Å². The van der Waals surface area contributed by atoms with Crippen molar-refractivity contribution in [1.29, 1.82) is 0 Å². The van der Waals surface area contributed by atoms with E-state index >= 15 is 0 Å². The molecule has 0 amide bonds. The second-order valence-electron chi connectivity index (χ2n) is 7.95. The first-order valence-corrected chi connectivity index (χ1v) is 10.2. The molecule has 31 heavy (non-hydrogen) atoms. The van der Waals surface area contributed by atoms with Crippen molar-refractivity contribution in [2.75, 3.05) is 11.5 Å². The maximum absolute atomic E-state index is 5.97. The lowest BCUT2D eigenvalue weighted by Gasteiger charge is -2.26. The number of nitrogens with two attached hydrogens (primary N) is 2. The zero-order chi connectivity index (χ0) is 21.8. The molecule has 0 aromatic heterocycles. The van der Waals surface area contributed by atoms with E-state index in [1.807, 2.05) is 72.8 Å². The maximum atomic E-state index is 5.97. The average Bonchev–Trinajstić information content (AvgIpc) is 2.78. The molecule has 0 spiro atoms. The largest absolute Gasteiger partial charge is 0.455 e. The van der Waals surface area contributed by atoms with Gasteiger partial charge in [-0.15, -0.1) is 0 Å². The van der Waals surface area contributed by atoms with Crippen LogP contribution in [0, 0.1) is 0 Å². The predicted molar refractivity (Wildman–Crippen MR) is 127 cm³/mol. The molecule has 0 heterocycles. The van der Waals surface area contributed by atoms with Gasteiger partial charge in [-0.3, -0.25) is 0 Å². The van der Waals surface area contributed by atoms with Crippen LogP contribution in [0.4, 0.5) is 11.4 Å². The third-order valence-electron chi connectivity index (χ3n) is 5.45. The highest BCUT2D eigenvalue weighted by Crippen LogP contribution is 2.35. The van der Waals surface area contributed by atoms with Gasteiger partial charge in [-0.05, 0) is 59.7 Å². The highest BCUT2D eigenvalue weighted by Gasteiger charge is 2.23. The molecule has 156 valence electrons. The lowest BCUT2D eigenvalue weighted by molar-refractivity contribution is 0.483. The molecule has 0 aliphatic rings. The average molecular weight is 411 g/mol. The van der Waals surface area contributed by atoms with E-state index < -0.39 is 0 Å². The topological polar surface area (TPSA) is 70.5 Å². The third kappa shape index (κ3) is 4.48. The van der Waals surface area contributed by atoms with Crippen molar-refractivity contribution in [2.24, 2.45) is 0 Å². The molecule has 4 nitrogen and oxygen atoms in total. The van der Waals surface area contributed by atoms with Crippen LogP contribution in [0.1, 0.15) is 25.0 Å². The van der Waals surface area contributed by atoms with E-state index in [1.54, 1.807) is 0 Å². The van der Waals surface area contributed by atoms with Crippen molar-refractivity contribution in [3.63, 3.8) is 0 Å². The molecule has 4 aromatic carbocycles. The number of benzene rings is 4. The molecule has 4 rings (SSSR count). The highest BCUT2D eigenvalue weighted by atomic mass is 16.5. The SMILES string of the molecule is CC(C)(c1ccc(Oc2ccccc2N)cc1)c1ccc(Oc2ccccc2N)cc1. The van der Waals surface area contributed by atoms with Gasteiger partial charge in [0.25, 0.3) is 0 Å². The van der Waals surface area contributed by atoms with E-state index in [0.717, 1.165) is 11.5 Å². The number of hydrogen-bond donors (Lipinski definition) is 2. The van der Waals surface area contributed by atoms with Crippen molar-refractivity contribution in [2.45, 2.75) is 19.3 Å². The second kappa shape index (κ2) is 8.44. The normalized spacial score (nSPS) is 11.2. The summed E-state index contributed by atoms with van der Waals surface area (Å²) in [6.07, 6.45) is 0. The quantitative estimate of drug-likeness (QED) is 0.344. The summed E-state index contributed by atoms with van der Waals surface area (Å²) in [7, 11) is 0. The number of para-hydroxylation sites is 4. The van der Waals surface area contributed by atoms with Gasteiger partial charge in [-0.1, -0.05) is 62.4 Å². The Labute approximate surface area is 183 Å². The number of nitrogen functional groups attached to an aromatic ring is 2. The molecule has 4 aromatic rings. The third-order valence-corrected chi connectivity index (χ3v) is 5.45. The molecule has 0 atom stereocenters. The van der Waals surface area contributed by atoms with Gasteiger partial charge in [0.2, 0.25) is 0 Å². The monoisotopic (exact) mass is 410 g/mol. The van der Waals surface area contributed by atoms with Gasteiger partial charge in [0.05, 0.1) is 11.4 Å². The zero-order valence-electron chi connectivity index (χ0n) is 17.7. The van der Waals surface area contributed by atoms with E-state index in [-0.39, 0.29) is 5.41 Å². The standard InChI is InChI=1S/C27H26N2O2/c1-27(2,19-11-15-21(16-12-19)30-25-9-5-3-7-23(25)28)20-13-17-22(18-14-20)31-26-10-6-4-8-24(26)29/h3-18H,28-29H2,1-2H3. The summed E-state index contributed by atoms with van der Waals surface area (Å²) >= 11 is 0. The molecule has 0 aliphatic carbocycles. The van der Waals surface area contributed by atoms with Crippen LogP contribution in [-0.2, 0) is 5.41 Å². The Morgan fingerprint density at radius 1 is 0.516 bits per heavy atom. The second-order valence-corrected chi connectivity index (χ2v) is 7.95. The van der Waals surface area contributed by atoms with Crippen LogP contribution < -0.4 is 20.9 Å². The predicted octanol–water partition coefficient (Wildman–Crippen LogP) is 6.76. The summed E-state index contributed by atoms with van der Waals surface area (Å²) < 4.78 is 11.8. The molecular formula is C27H26N2O2. The minimum Gasteiger partial charge on any atom is -0.455 e. The molecule has 0 unspecified atom stereocenters. The van der Waals surface area contributed by atoms with Crippen LogP contribution >= 0.6 is 0 Å². The van der Waals surface area contributed by atoms with E-state index in [4.69, 9.17) is 20.9 Å². The minimum absolute atomic E-state index is 0.186. The van der Waals surface area contributed by atoms with Gasteiger partial charge < -0.3 is 20.9 Å². The summed E-state index contributed by atoms with van der Waals surface area (Å²) in [5.74, 6) is 2.82. The molecule has 0 bridgehead atoms. The van der Waals surface area contributed by atoms with Crippen molar-refractivity contribution in [3.8, 4) is 23.0 Å². The van der Waals surface area contributed by atoms with Gasteiger partial charge in [0, 0.05) is 5.41 Å². The van der Waals surface area contributed by atoms with Crippen LogP contribution in [-0.4, -0.2) is 0 Å². The Kier molecular flexibility index (Phi) is 5.54. The van der Waals surface area contributed by atoms with Crippen molar-refractivity contribution in [1.82, 2.24) is 0 Å². The maximum Gasteiger partial charge on any atom is 0.150 e. The molecule has 0 radical (unpaired) electrons. The van der Waals surface area contributed by atoms with Crippen LogP contribution in [0.2, 0.25) is 0 Å². The zero-order valence-corrected chi connectivity index (χ0v) is 17.7. The van der Waals surface area contributed by atoms with Gasteiger partial charge in [-0.2, -0.15) is 0 Å². The number of rotatable bonds is 6. The Hall–Kier alpha value is -3.92. The number of ether oxygens (including phenoxy) is 2. The van der Waals surface area contributed by atoms with Crippen LogP contribution in [0.15, 0.2) is 97.1 Å². The molecule has 0 aliphatic heterocycles. The van der Waals surface area contributed by atoms with E-state index in [2.05, 4.69) is 38.1 Å². The fourth-order valence-electron chi connectivity index (χ4n) is 3.45. The fourth-order valence-corrected chi connectivity index (χ4v) is 3.45. The van der Waals surface area contributed by atoms with Crippen molar-refractivity contribution >= 4 is 11.4 Å². The van der Waals surface area contributed by atoms with Crippen LogP contribution in [0.3, 0.4) is 0 Å². The first-order chi connectivity index (χ1) is 14.9. The lowest BCUT2D eigenvalue weighted by atomic mass is 9.78. The molecule has 0 saturated carbocycles. The fraction of sp³-hybridized carbons (Fsp3) is 0.111. The Balaban J connectivity index is 1.50. The summed E-state index contributed by atoms with van der Waals surface area (Å²) in [5.41, 5.74) is 15.4. The van der Waals surface area contributed by atoms with Gasteiger partial charge >= 0.3 is 0 Å². The summed E-state index contributed by atoms with van der Waals surface area (Å²) in [4.78, 5) is 0. The van der Waals surface area contributed by atoms with Crippen LogP contribution in [0.5, 0.6) is 23.0 Å². The molecular weight excluding hydrogens is 384 g/mol. The Bertz CT molecular complexity index is 1070. The van der Waals surface area contributed by atoms with Gasteiger partial charge in [0.15, 0.2) is 0 Å². The van der Waals surface area contributed by atoms with Gasteiger partial charge in [0.1, 0.15) is 23.0 Å². The molecule has 0 fully saturated rings. The van der Waals surface area contributed by atoms with Gasteiger partial charge in [-0.25, -0.2) is 0 Å². The number of hydrogen-bond acceptors (Lipinski definition) is 4. The minimum atomic E-state index is -0.186. The Morgan fingerprint density at radius 2 is 0.871 bits per heavy atom. The van der Waals surface area contributed by atoms with E-state index in [9.17, 15) is 0 Å². The van der Waals surface area contributed by atoms with E-state index in [1.165, 1.54) is 11.1 Å². The molecule has 4 N–H and O–H groups in total. The smallest absolute Gasteiger partial charge is 0.150 e. The highest BCUT2D eigenvalue weighted by molar-refractivity contribution is 5.55. The molecule has 0 saturated heterocycles. The summed E-state index contributed by atoms with van der Waals surface area (Å²) in [5, 5.41) is 0. The summed E-state index contributed by atoms with van der Waals surface area (Å²) in [6, 6.07) is 31.2. The molecule has 4 heteroatoms. The summed E-state index contributed by atoms with van der Waals surface area (Å²) in [6.45, 7) is 4.40. The number of anilines is 2. The van der Waals surface area contributed by atoms with Crippen molar-refractivity contribution < 1.29 is 9.47 Å². The Morgan fingerprint density at radius 3 is 1.23 bits per heavy atom. The first kappa shape index (κ1) is 20.4. The lowest BCUT2D eigenvalue weighted by Crippen LogP contribution is -2.18.